The van der Waals surface area contributed by atoms with Gasteiger partial charge in [0.2, 0.25) is 5.88 Å². The van der Waals surface area contributed by atoms with Gasteiger partial charge >= 0.3 is 6.36 Å². The summed E-state index contributed by atoms with van der Waals surface area (Å²) >= 11 is 0. The molecule has 1 aliphatic heterocycles. The second kappa shape index (κ2) is 6.30. The Morgan fingerprint density at radius 1 is 1.25 bits per heavy atom. The molecule has 1 saturated heterocycles. The molecule has 1 aromatic heterocycles. The van der Waals surface area contributed by atoms with Gasteiger partial charge in [-0.25, -0.2) is 4.98 Å². The van der Waals surface area contributed by atoms with E-state index in [1.54, 1.807) is 0 Å². The fourth-order valence-electron chi connectivity index (χ4n) is 2.34. The zero-order chi connectivity index (χ0) is 14.6. The lowest BCUT2D eigenvalue weighted by atomic mass is 10.1. The zero-order valence-corrected chi connectivity index (χ0v) is 11.2. The number of nitrogens with zero attached hydrogens (tertiary/aromatic N) is 2. The van der Waals surface area contributed by atoms with Crippen molar-refractivity contribution in [1.29, 1.82) is 0 Å². The lowest BCUT2D eigenvalue weighted by Gasteiger charge is -2.27. The van der Waals surface area contributed by atoms with Gasteiger partial charge in [-0.05, 0) is 32.0 Å². The molecule has 112 valence electrons. The first kappa shape index (κ1) is 14.9. The Hall–Kier alpha value is -1.50. The highest BCUT2D eigenvalue weighted by molar-refractivity contribution is 5.39. The van der Waals surface area contributed by atoms with E-state index in [9.17, 15) is 13.2 Å². The van der Waals surface area contributed by atoms with E-state index in [0.717, 1.165) is 32.4 Å². The third kappa shape index (κ3) is 4.00. The second-order valence-electron chi connectivity index (χ2n) is 4.68. The largest absolute Gasteiger partial charge is 0.573 e. The van der Waals surface area contributed by atoms with Crippen LogP contribution >= 0.6 is 0 Å². The third-order valence-corrected chi connectivity index (χ3v) is 3.22. The molecule has 0 aliphatic carbocycles. The van der Waals surface area contributed by atoms with Crippen molar-refractivity contribution in [3.63, 3.8) is 0 Å². The minimum absolute atomic E-state index is 0.178. The van der Waals surface area contributed by atoms with Crippen LogP contribution in [0.4, 0.5) is 13.2 Å². The first-order valence-electron chi connectivity index (χ1n) is 6.49. The van der Waals surface area contributed by atoms with Gasteiger partial charge in [0.05, 0.1) is 12.7 Å². The number of methoxy groups -OCH3 is 1. The molecule has 0 saturated carbocycles. The van der Waals surface area contributed by atoms with Crippen molar-refractivity contribution in [3.8, 4) is 11.6 Å². The summed E-state index contributed by atoms with van der Waals surface area (Å²) in [5.41, 5.74) is 0.342. The minimum Gasteiger partial charge on any atom is -0.481 e. The van der Waals surface area contributed by atoms with Crippen LogP contribution in [-0.4, -0.2) is 36.4 Å². The summed E-state index contributed by atoms with van der Waals surface area (Å²) in [7, 11) is 1.39. The van der Waals surface area contributed by atoms with E-state index in [2.05, 4.69) is 14.6 Å². The molecule has 20 heavy (non-hydrogen) atoms. The highest BCUT2D eigenvalue weighted by atomic mass is 19.4. The molecule has 0 aromatic carbocycles. The van der Waals surface area contributed by atoms with Gasteiger partial charge in [0.25, 0.3) is 0 Å². The fraction of sp³-hybridized carbons (Fsp3) is 0.615. The number of halogens is 3. The average Bonchev–Trinajstić information content (AvgIpc) is 2.40. The maximum absolute atomic E-state index is 12.4. The Bertz CT molecular complexity index is 446. The SMILES string of the molecule is COc1nccc(OC(F)(F)F)c1CN1CCCCC1. The van der Waals surface area contributed by atoms with Crippen molar-refractivity contribution in [2.45, 2.75) is 32.2 Å². The van der Waals surface area contributed by atoms with Gasteiger partial charge in [0.15, 0.2) is 0 Å². The zero-order valence-electron chi connectivity index (χ0n) is 11.2. The number of piperidine rings is 1. The number of rotatable bonds is 4. The van der Waals surface area contributed by atoms with E-state index in [0.29, 0.717) is 12.1 Å². The average molecular weight is 290 g/mol. The molecule has 4 nitrogen and oxygen atoms in total. The Kier molecular flexibility index (Phi) is 4.69. The number of hydrogen-bond acceptors (Lipinski definition) is 4. The fourth-order valence-corrected chi connectivity index (χ4v) is 2.34. The summed E-state index contributed by atoms with van der Waals surface area (Å²) in [5, 5.41) is 0. The van der Waals surface area contributed by atoms with Crippen molar-refractivity contribution < 1.29 is 22.6 Å². The highest BCUT2D eigenvalue weighted by Gasteiger charge is 2.33. The minimum atomic E-state index is -4.72. The molecule has 0 spiro atoms. The number of hydrogen-bond donors (Lipinski definition) is 0. The highest BCUT2D eigenvalue weighted by Crippen LogP contribution is 2.32. The van der Waals surface area contributed by atoms with Gasteiger partial charge in [0, 0.05) is 12.7 Å². The normalized spacial score (nSPS) is 17.0. The molecule has 0 bridgehead atoms. The summed E-state index contributed by atoms with van der Waals surface area (Å²) in [4.78, 5) is 6.05. The van der Waals surface area contributed by atoms with Crippen LogP contribution in [0.15, 0.2) is 12.3 Å². The van der Waals surface area contributed by atoms with Crippen LogP contribution < -0.4 is 9.47 Å². The molecule has 2 rings (SSSR count). The molecule has 2 heterocycles. The standard InChI is InChI=1S/C13H17F3N2O2/c1-19-12-10(9-18-7-3-2-4-8-18)11(5-6-17-12)20-13(14,15)16/h5-6H,2-4,7-9H2,1H3. The Morgan fingerprint density at radius 3 is 2.55 bits per heavy atom. The molecule has 0 atom stereocenters. The van der Waals surface area contributed by atoms with Crippen molar-refractivity contribution >= 4 is 0 Å². The van der Waals surface area contributed by atoms with Gasteiger partial charge in [-0.15, -0.1) is 13.2 Å². The lowest BCUT2D eigenvalue weighted by Crippen LogP contribution is -2.30. The van der Waals surface area contributed by atoms with E-state index < -0.39 is 6.36 Å². The molecule has 1 fully saturated rings. The third-order valence-electron chi connectivity index (χ3n) is 3.22. The van der Waals surface area contributed by atoms with Crippen LogP contribution in [0.25, 0.3) is 0 Å². The molecule has 0 unspecified atom stereocenters. The van der Waals surface area contributed by atoms with Crippen molar-refractivity contribution in [3.05, 3.63) is 17.8 Å². The quantitative estimate of drug-likeness (QED) is 0.854. The predicted molar refractivity (Wildman–Crippen MR) is 66.6 cm³/mol. The Labute approximate surface area is 115 Å². The first-order valence-corrected chi connectivity index (χ1v) is 6.49. The van der Waals surface area contributed by atoms with E-state index in [4.69, 9.17) is 4.74 Å². The number of likely N-dealkylation sites (tertiary alicyclic amines) is 1. The number of pyridine rings is 1. The van der Waals surface area contributed by atoms with E-state index >= 15 is 0 Å². The van der Waals surface area contributed by atoms with Crippen LogP contribution in [0.2, 0.25) is 0 Å². The second-order valence-corrected chi connectivity index (χ2v) is 4.68. The van der Waals surface area contributed by atoms with Gasteiger partial charge in [0.1, 0.15) is 5.75 Å². The molecule has 1 aromatic rings. The van der Waals surface area contributed by atoms with Crippen LogP contribution in [-0.2, 0) is 6.54 Å². The van der Waals surface area contributed by atoms with Crippen LogP contribution in [0.1, 0.15) is 24.8 Å². The smallest absolute Gasteiger partial charge is 0.481 e. The topological polar surface area (TPSA) is 34.6 Å². The van der Waals surface area contributed by atoms with Gasteiger partial charge in [-0.3, -0.25) is 4.90 Å². The lowest BCUT2D eigenvalue weighted by molar-refractivity contribution is -0.275. The summed E-state index contributed by atoms with van der Waals surface area (Å²) in [6.45, 7) is 2.08. The monoisotopic (exact) mass is 290 g/mol. The molecule has 0 amide bonds. The summed E-state index contributed by atoms with van der Waals surface area (Å²) < 4.78 is 46.4. The van der Waals surface area contributed by atoms with Gasteiger partial charge < -0.3 is 9.47 Å². The predicted octanol–water partition coefficient (Wildman–Crippen LogP) is 2.97. The number of alkyl halides is 3. The molecule has 0 N–H and O–H groups in total. The van der Waals surface area contributed by atoms with Crippen molar-refractivity contribution in [2.24, 2.45) is 0 Å². The molecular weight excluding hydrogens is 273 g/mol. The summed E-state index contributed by atoms with van der Waals surface area (Å²) in [5.74, 6) is -0.0627. The van der Waals surface area contributed by atoms with Gasteiger partial charge in [-0.2, -0.15) is 0 Å². The number of ether oxygens (including phenoxy) is 2. The molecule has 1 aliphatic rings. The summed E-state index contributed by atoms with van der Waals surface area (Å²) in [6.07, 6.45) is -0.203. The molecule has 0 radical (unpaired) electrons. The van der Waals surface area contributed by atoms with E-state index in [-0.39, 0.29) is 11.6 Å². The van der Waals surface area contributed by atoms with Crippen LogP contribution in [0.5, 0.6) is 11.6 Å². The molecular formula is C13H17F3N2O2. The maximum Gasteiger partial charge on any atom is 0.573 e. The Balaban J connectivity index is 2.22. The number of aromatic nitrogens is 1. The van der Waals surface area contributed by atoms with E-state index in [1.807, 2.05) is 0 Å². The summed E-state index contributed by atoms with van der Waals surface area (Å²) in [6, 6.07) is 1.22. The van der Waals surface area contributed by atoms with Crippen molar-refractivity contribution in [1.82, 2.24) is 9.88 Å². The van der Waals surface area contributed by atoms with E-state index in [1.165, 1.54) is 19.4 Å². The van der Waals surface area contributed by atoms with Crippen molar-refractivity contribution in [2.75, 3.05) is 20.2 Å². The maximum atomic E-state index is 12.4. The Morgan fingerprint density at radius 2 is 1.95 bits per heavy atom. The molecule has 7 heteroatoms. The van der Waals surface area contributed by atoms with Crippen LogP contribution in [0.3, 0.4) is 0 Å². The van der Waals surface area contributed by atoms with Crippen LogP contribution in [0, 0.1) is 0 Å². The first-order chi connectivity index (χ1) is 9.49. The van der Waals surface area contributed by atoms with Gasteiger partial charge in [-0.1, -0.05) is 6.42 Å².